The van der Waals surface area contributed by atoms with Gasteiger partial charge < -0.3 is 25.0 Å². The number of guanidine groups is 1. The highest BCUT2D eigenvalue weighted by atomic mass is 16.5. The van der Waals surface area contributed by atoms with Gasteiger partial charge in [-0.1, -0.05) is 12.1 Å². The predicted molar refractivity (Wildman–Crippen MR) is 115 cm³/mol. The Kier molecular flexibility index (Phi) is 7.80. The molecular formula is C21H35N5O2. The lowest BCUT2D eigenvalue weighted by molar-refractivity contribution is 0.144. The van der Waals surface area contributed by atoms with E-state index in [0.717, 1.165) is 69.2 Å². The van der Waals surface area contributed by atoms with Crippen molar-refractivity contribution in [3.63, 3.8) is 0 Å². The number of nitrogens with one attached hydrogen (secondary N) is 2. The standard InChI is InChI=1S/C21H35N5O2/c1-22-21(23-11-13-25(14-15-27-2)18-8-9-18)24-17-10-12-26(16-17)19-6-4-5-7-20(19)28-3/h4-7,17-18H,8-16H2,1-3H3,(H2,22,23,24). The molecule has 1 heterocycles. The highest BCUT2D eigenvalue weighted by molar-refractivity contribution is 5.80. The second-order valence-electron chi connectivity index (χ2n) is 7.51. The first kappa shape index (κ1) is 20.7. The minimum absolute atomic E-state index is 0.379. The van der Waals surface area contributed by atoms with Crippen molar-refractivity contribution in [2.45, 2.75) is 31.3 Å². The van der Waals surface area contributed by atoms with Crippen LogP contribution >= 0.6 is 0 Å². The van der Waals surface area contributed by atoms with E-state index >= 15 is 0 Å². The van der Waals surface area contributed by atoms with E-state index in [4.69, 9.17) is 9.47 Å². The summed E-state index contributed by atoms with van der Waals surface area (Å²) < 4.78 is 10.8. The van der Waals surface area contributed by atoms with Crippen molar-refractivity contribution >= 4 is 11.6 Å². The summed E-state index contributed by atoms with van der Waals surface area (Å²) in [6.45, 7) is 5.68. The summed E-state index contributed by atoms with van der Waals surface area (Å²) in [6.07, 6.45) is 3.72. The number of nitrogens with zero attached hydrogens (tertiary/aromatic N) is 3. The second kappa shape index (κ2) is 10.5. The molecule has 0 radical (unpaired) electrons. The molecule has 1 atom stereocenters. The van der Waals surface area contributed by atoms with Crippen molar-refractivity contribution in [2.75, 3.05) is 65.5 Å². The molecule has 156 valence electrons. The van der Waals surface area contributed by atoms with Gasteiger partial charge in [0.15, 0.2) is 5.96 Å². The van der Waals surface area contributed by atoms with Gasteiger partial charge >= 0.3 is 0 Å². The monoisotopic (exact) mass is 389 g/mol. The van der Waals surface area contributed by atoms with Gasteiger partial charge in [-0.2, -0.15) is 0 Å². The number of benzene rings is 1. The highest BCUT2D eigenvalue weighted by Crippen LogP contribution is 2.30. The summed E-state index contributed by atoms with van der Waals surface area (Å²) in [5.74, 6) is 1.82. The molecule has 1 saturated carbocycles. The van der Waals surface area contributed by atoms with Crippen molar-refractivity contribution in [3.05, 3.63) is 24.3 Å². The third kappa shape index (κ3) is 5.75. The zero-order valence-corrected chi connectivity index (χ0v) is 17.5. The first-order chi connectivity index (χ1) is 13.7. The summed E-state index contributed by atoms with van der Waals surface area (Å²) >= 11 is 0. The first-order valence-electron chi connectivity index (χ1n) is 10.3. The second-order valence-corrected chi connectivity index (χ2v) is 7.51. The number of anilines is 1. The van der Waals surface area contributed by atoms with Crippen LogP contribution < -0.4 is 20.3 Å². The van der Waals surface area contributed by atoms with Crippen LogP contribution in [0.5, 0.6) is 5.75 Å². The molecule has 0 amide bonds. The number of hydrogen-bond donors (Lipinski definition) is 2. The first-order valence-corrected chi connectivity index (χ1v) is 10.3. The molecule has 1 aromatic carbocycles. The molecule has 1 unspecified atom stereocenters. The molecule has 0 aromatic heterocycles. The third-order valence-corrected chi connectivity index (χ3v) is 5.52. The minimum Gasteiger partial charge on any atom is -0.495 e. The number of rotatable bonds is 10. The largest absolute Gasteiger partial charge is 0.495 e. The van der Waals surface area contributed by atoms with Gasteiger partial charge in [-0.3, -0.25) is 9.89 Å². The molecule has 1 aliphatic carbocycles. The number of aliphatic imine (C=N–C) groups is 1. The van der Waals surface area contributed by atoms with Crippen molar-refractivity contribution in [1.82, 2.24) is 15.5 Å². The molecule has 2 fully saturated rings. The van der Waals surface area contributed by atoms with Crippen LogP contribution in [0.15, 0.2) is 29.3 Å². The average Bonchev–Trinajstić information content (AvgIpc) is 3.47. The molecule has 1 aliphatic heterocycles. The molecule has 2 aliphatic rings. The molecule has 0 bridgehead atoms. The normalized spacial score (nSPS) is 19.9. The number of hydrogen-bond acceptors (Lipinski definition) is 5. The van der Waals surface area contributed by atoms with Crippen molar-refractivity contribution in [2.24, 2.45) is 4.99 Å². The molecule has 0 spiro atoms. The van der Waals surface area contributed by atoms with E-state index in [9.17, 15) is 0 Å². The van der Waals surface area contributed by atoms with Crippen LogP contribution in [0.25, 0.3) is 0 Å². The van der Waals surface area contributed by atoms with E-state index in [1.165, 1.54) is 12.8 Å². The van der Waals surface area contributed by atoms with Gasteiger partial charge in [-0.25, -0.2) is 0 Å². The fourth-order valence-corrected chi connectivity index (χ4v) is 3.82. The summed E-state index contributed by atoms with van der Waals surface area (Å²) in [5.41, 5.74) is 1.16. The zero-order chi connectivity index (χ0) is 19.8. The third-order valence-electron chi connectivity index (χ3n) is 5.52. The van der Waals surface area contributed by atoms with Crippen LogP contribution in [-0.2, 0) is 4.74 Å². The van der Waals surface area contributed by atoms with E-state index in [1.54, 1.807) is 14.2 Å². The van der Waals surface area contributed by atoms with Crippen LogP contribution in [0.3, 0.4) is 0 Å². The summed E-state index contributed by atoms with van der Waals surface area (Å²) in [6, 6.07) is 9.35. The quantitative estimate of drug-likeness (QED) is 0.468. The van der Waals surface area contributed by atoms with Crippen LogP contribution in [0.1, 0.15) is 19.3 Å². The Morgan fingerprint density at radius 3 is 2.75 bits per heavy atom. The number of methoxy groups -OCH3 is 2. The smallest absolute Gasteiger partial charge is 0.191 e. The van der Waals surface area contributed by atoms with Crippen molar-refractivity contribution < 1.29 is 9.47 Å². The number of para-hydroxylation sites is 2. The molecule has 3 rings (SSSR count). The maximum absolute atomic E-state index is 5.51. The van der Waals surface area contributed by atoms with E-state index in [1.807, 2.05) is 19.2 Å². The predicted octanol–water partition coefficient (Wildman–Crippen LogP) is 1.55. The lowest BCUT2D eigenvalue weighted by Crippen LogP contribution is -2.47. The summed E-state index contributed by atoms with van der Waals surface area (Å²) in [4.78, 5) is 9.31. The van der Waals surface area contributed by atoms with Crippen molar-refractivity contribution in [3.8, 4) is 5.75 Å². The van der Waals surface area contributed by atoms with E-state index in [-0.39, 0.29) is 0 Å². The lowest BCUT2D eigenvalue weighted by Gasteiger charge is -2.24. The molecule has 7 nitrogen and oxygen atoms in total. The maximum Gasteiger partial charge on any atom is 0.191 e. The Balaban J connectivity index is 1.43. The van der Waals surface area contributed by atoms with E-state index < -0.39 is 0 Å². The Hall–Kier alpha value is -1.99. The summed E-state index contributed by atoms with van der Waals surface area (Å²) in [5, 5.41) is 7.05. The van der Waals surface area contributed by atoms with Crippen LogP contribution in [0, 0.1) is 0 Å². The molecule has 1 saturated heterocycles. The van der Waals surface area contributed by atoms with E-state index in [0.29, 0.717) is 6.04 Å². The fraction of sp³-hybridized carbons (Fsp3) is 0.667. The molecule has 28 heavy (non-hydrogen) atoms. The van der Waals surface area contributed by atoms with E-state index in [2.05, 4.69) is 37.6 Å². The van der Waals surface area contributed by atoms with Crippen LogP contribution in [0.2, 0.25) is 0 Å². The van der Waals surface area contributed by atoms with Crippen molar-refractivity contribution in [1.29, 1.82) is 0 Å². The van der Waals surface area contributed by atoms with Gasteiger partial charge in [-0.05, 0) is 31.4 Å². The molecular weight excluding hydrogens is 354 g/mol. The Morgan fingerprint density at radius 2 is 2.04 bits per heavy atom. The van der Waals surface area contributed by atoms with Gasteiger partial charge in [0.1, 0.15) is 5.75 Å². The fourth-order valence-electron chi connectivity index (χ4n) is 3.82. The maximum atomic E-state index is 5.51. The van der Waals surface area contributed by atoms with Gasteiger partial charge in [0.2, 0.25) is 0 Å². The Labute approximate surface area is 169 Å². The highest BCUT2D eigenvalue weighted by Gasteiger charge is 2.28. The van der Waals surface area contributed by atoms with Gasteiger partial charge in [0.25, 0.3) is 0 Å². The molecule has 2 N–H and O–H groups in total. The van der Waals surface area contributed by atoms with Crippen LogP contribution in [0.4, 0.5) is 5.69 Å². The zero-order valence-electron chi connectivity index (χ0n) is 17.5. The molecule has 1 aromatic rings. The van der Waals surface area contributed by atoms with Gasteiger partial charge in [0, 0.05) is 59.0 Å². The molecule has 7 heteroatoms. The Morgan fingerprint density at radius 1 is 1.21 bits per heavy atom. The lowest BCUT2D eigenvalue weighted by atomic mass is 10.2. The topological polar surface area (TPSA) is 61.4 Å². The average molecular weight is 390 g/mol. The SMILES string of the molecule is CN=C(NCCN(CCOC)C1CC1)NC1CCN(c2ccccc2OC)C1. The van der Waals surface area contributed by atoms with Gasteiger partial charge in [-0.15, -0.1) is 0 Å². The Bertz CT molecular complexity index is 635. The summed E-state index contributed by atoms with van der Waals surface area (Å²) in [7, 11) is 5.34. The van der Waals surface area contributed by atoms with Gasteiger partial charge in [0.05, 0.1) is 19.4 Å². The van der Waals surface area contributed by atoms with Crippen LogP contribution in [-0.4, -0.2) is 83.5 Å². The minimum atomic E-state index is 0.379. The number of ether oxygens (including phenoxy) is 2.